The van der Waals surface area contributed by atoms with Crippen LogP contribution < -0.4 is 15.0 Å². The van der Waals surface area contributed by atoms with Gasteiger partial charge in [0.25, 0.3) is 5.88 Å². The van der Waals surface area contributed by atoms with Gasteiger partial charge in [0.15, 0.2) is 11.4 Å². The average Bonchev–Trinajstić information content (AvgIpc) is 4.09. The Morgan fingerprint density at radius 2 is 1.79 bits per heavy atom. The Hall–Kier alpha value is -5.84. The number of nitrogens with one attached hydrogen (secondary N) is 2. The van der Waals surface area contributed by atoms with E-state index < -0.39 is 18.1 Å². The second-order valence-corrected chi connectivity index (χ2v) is 17.7. The Balaban J connectivity index is 0.795. The molecule has 6 atom stereocenters. The molecule has 3 saturated heterocycles. The fourth-order valence-electron chi connectivity index (χ4n) is 9.32. The number of aliphatic hydroxyl groups excluding tert-OH is 1. The average molecular weight is 846 g/mol. The number of para-hydroxylation sites is 1. The molecule has 61 heavy (non-hydrogen) atoms. The summed E-state index contributed by atoms with van der Waals surface area (Å²) in [6, 6.07) is 20.5. The van der Waals surface area contributed by atoms with Gasteiger partial charge in [0.05, 0.1) is 33.9 Å². The van der Waals surface area contributed by atoms with Crippen molar-refractivity contribution in [3.8, 4) is 33.3 Å². The number of aromatic nitrogens is 5. The Morgan fingerprint density at radius 1 is 1.02 bits per heavy atom. The van der Waals surface area contributed by atoms with Gasteiger partial charge in [-0.25, -0.2) is 4.98 Å². The number of amides is 2. The van der Waals surface area contributed by atoms with Gasteiger partial charge in [0.1, 0.15) is 30.1 Å². The molecule has 3 aliphatic heterocycles. The number of aromatic amines is 1. The number of carbonyl (C=O) groups is 2. The zero-order valence-corrected chi connectivity index (χ0v) is 35.5. The predicted molar refractivity (Wildman–Crippen MR) is 231 cm³/mol. The smallest absolute Gasteiger partial charge is 0.254 e. The lowest BCUT2D eigenvalue weighted by Crippen LogP contribution is -2.54. The van der Waals surface area contributed by atoms with Gasteiger partial charge >= 0.3 is 0 Å². The Morgan fingerprint density at radius 3 is 2.51 bits per heavy atom. The lowest BCUT2D eigenvalue weighted by molar-refractivity contribution is -0.141. The van der Waals surface area contributed by atoms with Gasteiger partial charge in [-0.2, -0.15) is 0 Å². The number of hydrogen-bond donors (Lipinski definition) is 4. The second-order valence-electron chi connectivity index (χ2n) is 16.9. The molecule has 3 fully saturated rings. The first-order chi connectivity index (χ1) is 29.5. The summed E-state index contributed by atoms with van der Waals surface area (Å²) in [5.74, 6) is 0.349. The maximum Gasteiger partial charge on any atom is 0.254 e. The van der Waals surface area contributed by atoms with Crippen LogP contribution in [-0.2, 0) is 9.59 Å². The number of aromatic hydroxyl groups is 1. The number of likely N-dealkylation sites (tertiary alicyclic amines) is 1. The highest BCUT2D eigenvalue weighted by molar-refractivity contribution is 7.13. The summed E-state index contributed by atoms with van der Waals surface area (Å²) < 4.78 is 11.9. The van der Waals surface area contributed by atoms with Crippen LogP contribution in [-0.4, -0.2) is 114 Å². The molecular weight excluding hydrogens is 795 g/mol. The monoisotopic (exact) mass is 845 g/mol. The zero-order chi connectivity index (χ0) is 42.4. The third kappa shape index (κ3) is 8.19. The Kier molecular flexibility index (Phi) is 11.2. The second kappa shape index (κ2) is 16.9. The lowest BCUT2D eigenvalue weighted by Gasteiger charge is -2.41. The van der Waals surface area contributed by atoms with Crippen molar-refractivity contribution in [3.63, 3.8) is 0 Å². The van der Waals surface area contributed by atoms with Gasteiger partial charge < -0.3 is 39.6 Å². The summed E-state index contributed by atoms with van der Waals surface area (Å²) >= 11 is 1.59. The van der Waals surface area contributed by atoms with Gasteiger partial charge in [0.2, 0.25) is 11.8 Å². The van der Waals surface area contributed by atoms with E-state index in [4.69, 9.17) is 9.26 Å². The molecule has 0 spiro atoms. The predicted octanol–water partition coefficient (Wildman–Crippen LogP) is 6.06. The first-order valence-electron chi connectivity index (χ1n) is 21.0. The Labute approximate surface area is 357 Å². The van der Waals surface area contributed by atoms with E-state index in [2.05, 4.69) is 46.5 Å². The number of anilines is 1. The van der Waals surface area contributed by atoms with E-state index in [1.54, 1.807) is 29.5 Å². The van der Waals surface area contributed by atoms with Crippen LogP contribution in [0.1, 0.15) is 69.0 Å². The molecule has 318 valence electrons. The van der Waals surface area contributed by atoms with E-state index in [1.165, 1.54) is 4.90 Å². The number of fused-ring (bicyclic) bond motifs is 3. The molecule has 0 aliphatic carbocycles. The normalized spacial score (nSPS) is 21.3. The van der Waals surface area contributed by atoms with Crippen molar-refractivity contribution >= 4 is 40.0 Å². The van der Waals surface area contributed by atoms with Crippen LogP contribution in [0.5, 0.6) is 11.6 Å². The van der Waals surface area contributed by atoms with Crippen LogP contribution in [0.15, 0.2) is 76.8 Å². The minimum absolute atomic E-state index is 0.0550. The van der Waals surface area contributed by atoms with Crippen LogP contribution >= 0.6 is 11.3 Å². The van der Waals surface area contributed by atoms with Crippen LogP contribution in [0.25, 0.3) is 32.7 Å². The van der Waals surface area contributed by atoms with Crippen LogP contribution in [0, 0.1) is 12.8 Å². The number of thiazole rings is 1. The molecular formula is C45H51N9O6S. The number of β-amino-alcohol motifs (C(OH)–C–C–N with tert-alkyl or cyclic N) is 1. The first kappa shape index (κ1) is 40.6. The van der Waals surface area contributed by atoms with Gasteiger partial charge in [-0.1, -0.05) is 50.2 Å². The molecule has 3 aliphatic rings. The molecule has 4 aromatic heterocycles. The summed E-state index contributed by atoms with van der Waals surface area (Å²) in [7, 11) is 0. The summed E-state index contributed by atoms with van der Waals surface area (Å²) in [5, 5.41) is 38.0. The number of aliphatic hydroxyl groups is 1. The molecule has 0 saturated carbocycles. The van der Waals surface area contributed by atoms with E-state index >= 15 is 0 Å². The summed E-state index contributed by atoms with van der Waals surface area (Å²) in [5.41, 5.74) is 6.79. The fourth-order valence-corrected chi connectivity index (χ4v) is 10.1. The maximum absolute atomic E-state index is 14.2. The molecule has 2 amide bonds. The van der Waals surface area contributed by atoms with Gasteiger partial charge in [-0.3, -0.25) is 14.5 Å². The third-order valence-corrected chi connectivity index (χ3v) is 13.5. The number of benzene rings is 2. The molecule has 6 aromatic rings. The molecule has 2 bridgehead atoms. The van der Waals surface area contributed by atoms with Crippen molar-refractivity contribution in [3.05, 3.63) is 89.3 Å². The van der Waals surface area contributed by atoms with Gasteiger partial charge in [-0.05, 0) is 73.2 Å². The number of carbonyl (C=O) groups excluding carboxylic acids is 2. The maximum atomic E-state index is 14.2. The van der Waals surface area contributed by atoms with Crippen molar-refractivity contribution < 1.29 is 29.1 Å². The highest BCUT2D eigenvalue weighted by atomic mass is 32.1. The third-order valence-electron chi connectivity index (χ3n) is 12.5. The van der Waals surface area contributed by atoms with Crippen molar-refractivity contribution in [2.45, 2.75) is 83.1 Å². The molecule has 2 aromatic carbocycles. The number of phenols is 1. The minimum Gasteiger partial charge on any atom is -0.507 e. The summed E-state index contributed by atoms with van der Waals surface area (Å²) in [4.78, 5) is 43.2. The van der Waals surface area contributed by atoms with Crippen molar-refractivity contribution in [1.82, 2.24) is 40.4 Å². The van der Waals surface area contributed by atoms with Crippen LogP contribution in [0.2, 0.25) is 0 Å². The number of piperazine rings is 1. The molecule has 4 N–H and O–H groups in total. The van der Waals surface area contributed by atoms with Crippen LogP contribution in [0.4, 0.5) is 5.82 Å². The highest BCUT2D eigenvalue weighted by Crippen LogP contribution is 2.36. The molecule has 7 heterocycles. The topological polar surface area (TPSA) is 186 Å². The number of hydrogen-bond acceptors (Lipinski definition) is 13. The Bertz CT molecular complexity index is 2500. The van der Waals surface area contributed by atoms with E-state index in [9.17, 15) is 19.8 Å². The summed E-state index contributed by atoms with van der Waals surface area (Å²) in [6.07, 6.45) is 1.51. The molecule has 0 unspecified atom stereocenters. The number of H-pyrrole nitrogens is 1. The largest absolute Gasteiger partial charge is 0.507 e. The van der Waals surface area contributed by atoms with Gasteiger partial charge in [-0.15, -0.1) is 21.5 Å². The molecule has 15 nitrogen and oxygen atoms in total. The lowest BCUT2D eigenvalue weighted by atomic mass is 9.91. The standard InChI is InChI=1S/C45H51N9O6S/c1-25(2)41(45(58)54-23-33(55)19-36(54)44(57)47-26(3)28-9-11-29(12-10-28)42-27(4)46-24-61-42)38-20-40(51-60-38)59-16-15-53-31-13-14-32(53)22-52(21-31)39-18-30-17-35(49-50-43(30)48-39)34-7-5-6-8-37(34)56/h5-12,17-18,20,24-26,31-33,36,41,55-56H,13-16,19,21-23H2,1-4H3,(H,47,57)(H,48,50)/t26-,31-,32+,33+,36-,41+/m0/s1. The SMILES string of the molecule is Cc1ncsc1-c1ccc([C@H](C)NC(=O)[C@@H]2C[C@@H](O)CN2C(=O)[C@@H](c2cc(OCCN3[C@@H]4CC[C@H]3CN(c3cc5cc(-c6ccccc6O)nnc5[nH]3)C4)no2)C(C)C)cc1. The highest BCUT2D eigenvalue weighted by Gasteiger charge is 2.44. The minimum atomic E-state index is -0.826. The zero-order valence-electron chi connectivity index (χ0n) is 34.7. The molecule has 16 heteroatoms. The van der Waals surface area contributed by atoms with Crippen molar-refractivity contribution in [2.75, 3.05) is 37.7 Å². The van der Waals surface area contributed by atoms with Crippen molar-refractivity contribution in [2.24, 2.45) is 5.92 Å². The first-order valence-corrected chi connectivity index (χ1v) is 21.9. The van der Waals surface area contributed by atoms with E-state index in [1.807, 2.05) is 75.7 Å². The number of ether oxygens (including phenoxy) is 1. The number of aryl methyl sites for hydroxylation is 1. The quantitative estimate of drug-likeness (QED) is 0.106. The number of rotatable bonds is 13. The van der Waals surface area contributed by atoms with E-state index in [0.717, 1.165) is 65.4 Å². The van der Waals surface area contributed by atoms with Gasteiger partial charge in [0, 0.05) is 61.7 Å². The van der Waals surface area contributed by atoms with E-state index in [0.29, 0.717) is 47.2 Å². The fraction of sp³-hybridized carbons (Fsp3) is 0.422. The molecule has 9 rings (SSSR count). The molecule has 0 radical (unpaired) electrons. The van der Waals surface area contributed by atoms with Crippen molar-refractivity contribution in [1.29, 1.82) is 0 Å². The van der Waals surface area contributed by atoms with E-state index in [-0.39, 0.29) is 42.5 Å². The number of nitrogens with zero attached hydrogens (tertiary/aromatic N) is 7. The number of phenolic OH excluding ortho intramolecular Hbond substituents is 1. The summed E-state index contributed by atoms with van der Waals surface area (Å²) in [6.45, 7) is 10.7. The van der Waals surface area contributed by atoms with Crippen LogP contribution in [0.3, 0.4) is 0 Å².